The first-order valence-electron chi connectivity index (χ1n) is 15.7. The third kappa shape index (κ3) is 7.95. The Hall–Kier alpha value is -2.63. The van der Waals surface area contributed by atoms with Gasteiger partial charge in [-0.05, 0) is 55.0 Å². The van der Waals surface area contributed by atoms with Crippen molar-refractivity contribution in [1.29, 1.82) is 0 Å². The maximum absolute atomic E-state index is 13.6. The Morgan fingerprint density at radius 3 is 2.05 bits per heavy atom. The molecule has 11 heteroatoms. The molecule has 5 rings (SSSR count). The van der Waals surface area contributed by atoms with E-state index in [9.17, 15) is 31.1 Å². The van der Waals surface area contributed by atoms with Gasteiger partial charge in [-0.25, -0.2) is 0 Å². The number of piperazine rings is 1. The fraction of sp³-hybridized carbons (Fsp3) is 0.606. The fourth-order valence-electron chi connectivity index (χ4n) is 7.17. The van der Waals surface area contributed by atoms with Crippen LogP contribution in [0.1, 0.15) is 80.0 Å². The molecular formula is C33H41F6N3O2. The number of nitrogens with zero attached hydrogens (tertiary/aromatic N) is 2. The van der Waals surface area contributed by atoms with Gasteiger partial charge in [-0.1, -0.05) is 62.4 Å². The number of halogens is 6. The minimum atomic E-state index is -4.94. The van der Waals surface area contributed by atoms with Crippen LogP contribution in [0, 0.1) is 0 Å². The van der Waals surface area contributed by atoms with Gasteiger partial charge >= 0.3 is 12.4 Å². The zero-order valence-corrected chi connectivity index (χ0v) is 24.9. The summed E-state index contributed by atoms with van der Waals surface area (Å²) in [5.74, 6) is -0.172. The van der Waals surface area contributed by atoms with E-state index < -0.39 is 41.7 Å². The molecule has 242 valence electrons. The van der Waals surface area contributed by atoms with Gasteiger partial charge in [0.25, 0.3) is 0 Å². The third-order valence-corrected chi connectivity index (χ3v) is 9.45. The van der Waals surface area contributed by atoms with Crippen molar-refractivity contribution in [3.05, 3.63) is 70.8 Å². The summed E-state index contributed by atoms with van der Waals surface area (Å²) >= 11 is 0. The quantitative estimate of drug-likeness (QED) is 0.317. The van der Waals surface area contributed by atoms with E-state index in [0.717, 1.165) is 44.6 Å². The number of carbonyl (C=O) groups is 1. The first kappa shape index (κ1) is 32.8. The van der Waals surface area contributed by atoms with Crippen LogP contribution in [0.5, 0.6) is 0 Å². The van der Waals surface area contributed by atoms with Crippen LogP contribution in [0.4, 0.5) is 26.3 Å². The number of hydrogen-bond acceptors (Lipinski definition) is 4. The molecule has 2 unspecified atom stereocenters. The fourth-order valence-corrected chi connectivity index (χ4v) is 7.17. The van der Waals surface area contributed by atoms with E-state index >= 15 is 0 Å². The highest BCUT2D eigenvalue weighted by Crippen LogP contribution is 2.41. The van der Waals surface area contributed by atoms with Gasteiger partial charge in [0.2, 0.25) is 5.91 Å². The summed E-state index contributed by atoms with van der Waals surface area (Å²) in [6.07, 6.45) is -1.61. The Morgan fingerprint density at radius 1 is 0.818 bits per heavy atom. The Bertz CT molecular complexity index is 1210. The highest BCUT2D eigenvalue weighted by molar-refractivity contribution is 5.79. The first-order valence-corrected chi connectivity index (χ1v) is 15.7. The number of nitrogens with one attached hydrogen (secondary N) is 1. The van der Waals surface area contributed by atoms with E-state index in [2.05, 4.69) is 15.1 Å². The second-order valence-corrected chi connectivity index (χ2v) is 12.4. The lowest BCUT2D eigenvalue weighted by atomic mass is 9.74. The second kappa shape index (κ2) is 13.8. The van der Waals surface area contributed by atoms with Crippen LogP contribution in [0.15, 0.2) is 48.5 Å². The minimum absolute atomic E-state index is 0.119. The van der Waals surface area contributed by atoms with Crippen molar-refractivity contribution >= 4 is 5.91 Å². The van der Waals surface area contributed by atoms with E-state index in [4.69, 9.17) is 4.74 Å². The molecule has 1 N–H and O–H groups in total. The standard InChI is InChI=1S/C33H41F6N3O2/c34-32(35,36)26-19-24(20-27(21-26)33(37,38)39)23-44-29-13-7-8-14-31(29,25-9-3-1-4-10-25)40-30(43)22-41-15-17-42(18-16-41)28-11-5-2-6-12-28/h1,3-4,9-10,19-21,28-29H,2,5-8,11-18,22-23H2,(H,40,43). The van der Waals surface area contributed by atoms with Crippen molar-refractivity contribution in [3.63, 3.8) is 0 Å². The van der Waals surface area contributed by atoms with Crippen molar-refractivity contribution in [1.82, 2.24) is 15.1 Å². The number of ether oxygens (including phenoxy) is 1. The molecular weight excluding hydrogens is 584 g/mol. The summed E-state index contributed by atoms with van der Waals surface area (Å²) in [6.45, 7) is 3.18. The van der Waals surface area contributed by atoms with Crippen LogP contribution in [0.3, 0.4) is 0 Å². The Kier molecular flexibility index (Phi) is 10.3. The average Bonchev–Trinajstić information content (AvgIpc) is 3.01. The summed E-state index contributed by atoms with van der Waals surface area (Å²) in [6, 6.07) is 11.5. The topological polar surface area (TPSA) is 44.8 Å². The van der Waals surface area contributed by atoms with Crippen molar-refractivity contribution < 1.29 is 35.9 Å². The largest absolute Gasteiger partial charge is 0.416 e. The van der Waals surface area contributed by atoms with E-state index in [1.165, 1.54) is 32.1 Å². The van der Waals surface area contributed by atoms with Gasteiger partial charge < -0.3 is 10.1 Å². The molecule has 1 saturated heterocycles. The van der Waals surface area contributed by atoms with Gasteiger partial charge in [-0.3, -0.25) is 14.6 Å². The van der Waals surface area contributed by atoms with Crippen molar-refractivity contribution in [2.24, 2.45) is 0 Å². The number of benzene rings is 2. The van der Waals surface area contributed by atoms with Crippen LogP contribution < -0.4 is 5.32 Å². The molecule has 0 radical (unpaired) electrons. The molecule has 3 fully saturated rings. The van der Waals surface area contributed by atoms with E-state index in [1.54, 1.807) is 0 Å². The average molecular weight is 626 g/mol. The van der Waals surface area contributed by atoms with Crippen LogP contribution in [-0.4, -0.2) is 60.6 Å². The molecule has 44 heavy (non-hydrogen) atoms. The molecule has 0 bridgehead atoms. The number of hydrogen-bond donors (Lipinski definition) is 1. The van der Waals surface area contributed by atoms with E-state index in [0.29, 0.717) is 31.0 Å². The molecule has 1 amide bonds. The lowest BCUT2D eigenvalue weighted by molar-refractivity contribution is -0.143. The molecule has 0 spiro atoms. The van der Waals surface area contributed by atoms with Gasteiger partial charge in [0, 0.05) is 32.2 Å². The monoisotopic (exact) mass is 625 g/mol. The Balaban J connectivity index is 1.31. The molecule has 0 aromatic heterocycles. The van der Waals surface area contributed by atoms with Gasteiger partial charge in [0.05, 0.1) is 35.9 Å². The van der Waals surface area contributed by atoms with Crippen molar-refractivity contribution in [3.8, 4) is 0 Å². The lowest BCUT2D eigenvalue weighted by Crippen LogP contribution is -2.59. The molecule has 5 nitrogen and oxygen atoms in total. The van der Waals surface area contributed by atoms with Crippen molar-refractivity contribution in [2.45, 2.75) is 94.4 Å². The van der Waals surface area contributed by atoms with Crippen LogP contribution in [-0.2, 0) is 34.0 Å². The second-order valence-electron chi connectivity index (χ2n) is 12.4. The van der Waals surface area contributed by atoms with Crippen LogP contribution in [0.25, 0.3) is 0 Å². The van der Waals surface area contributed by atoms with Gasteiger partial charge in [-0.2, -0.15) is 26.3 Å². The molecule has 3 aliphatic rings. The molecule has 2 aromatic rings. The maximum Gasteiger partial charge on any atom is 0.416 e. The summed E-state index contributed by atoms with van der Waals surface area (Å²) in [4.78, 5) is 18.3. The Labute approximate surface area is 254 Å². The molecule has 2 atom stereocenters. The molecule has 2 saturated carbocycles. The summed E-state index contributed by atoms with van der Waals surface area (Å²) < 4.78 is 87.0. The number of carbonyl (C=O) groups excluding carboxylic acids is 1. The SMILES string of the molecule is O=C(CN1CCN(C2CCCCC2)CC1)NC1(c2ccccc2)CCCCC1OCc1cc(C(F)(F)F)cc(C(F)(F)F)c1. The minimum Gasteiger partial charge on any atom is -0.371 e. The zero-order valence-electron chi connectivity index (χ0n) is 24.9. The predicted molar refractivity (Wildman–Crippen MR) is 155 cm³/mol. The van der Waals surface area contributed by atoms with Crippen LogP contribution in [0.2, 0.25) is 0 Å². The van der Waals surface area contributed by atoms with E-state index in [1.807, 2.05) is 30.3 Å². The lowest BCUT2D eigenvalue weighted by Gasteiger charge is -2.45. The summed E-state index contributed by atoms with van der Waals surface area (Å²) in [5.41, 5.74) is -3.13. The molecule has 2 aromatic carbocycles. The molecule has 1 heterocycles. The predicted octanol–water partition coefficient (Wildman–Crippen LogP) is 7.15. The van der Waals surface area contributed by atoms with E-state index in [-0.39, 0.29) is 24.1 Å². The number of alkyl halides is 6. The highest BCUT2D eigenvalue weighted by Gasteiger charge is 2.45. The van der Waals surface area contributed by atoms with Crippen molar-refractivity contribution in [2.75, 3.05) is 32.7 Å². The smallest absolute Gasteiger partial charge is 0.371 e. The van der Waals surface area contributed by atoms with Gasteiger partial charge in [0.15, 0.2) is 0 Å². The summed E-state index contributed by atoms with van der Waals surface area (Å²) in [5, 5.41) is 3.25. The highest BCUT2D eigenvalue weighted by atomic mass is 19.4. The normalized spacial score (nSPS) is 24.7. The molecule has 1 aliphatic heterocycles. The Morgan fingerprint density at radius 2 is 1.43 bits per heavy atom. The molecule has 2 aliphatic carbocycles. The van der Waals surface area contributed by atoms with Crippen LogP contribution >= 0.6 is 0 Å². The number of rotatable bonds is 8. The first-order chi connectivity index (χ1) is 20.9. The third-order valence-electron chi connectivity index (χ3n) is 9.45. The van der Waals surface area contributed by atoms with Gasteiger partial charge in [-0.15, -0.1) is 0 Å². The van der Waals surface area contributed by atoms with Gasteiger partial charge in [0.1, 0.15) is 0 Å². The number of amides is 1. The summed E-state index contributed by atoms with van der Waals surface area (Å²) in [7, 11) is 0. The maximum atomic E-state index is 13.6. The zero-order chi connectivity index (χ0) is 31.4.